The van der Waals surface area contributed by atoms with Crippen LogP contribution in [0.3, 0.4) is 0 Å². The molecule has 0 saturated heterocycles. The molecule has 0 atom stereocenters. The highest BCUT2D eigenvalue weighted by atomic mass is 16.4. The number of nitrogens with zero attached hydrogens (tertiary/aromatic N) is 1. The van der Waals surface area contributed by atoms with Gasteiger partial charge in [0.1, 0.15) is 0 Å². The minimum absolute atomic E-state index is 0.117. The van der Waals surface area contributed by atoms with Gasteiger partial charge >= 0.3 is 0 Å². The van der Waals surface area contributed by atoms with E-state index in [0.717, 1.165) is 30.7 Å². The minimum Gasteiger partial charge on any atom is -0.441 e. The number of aromatic nitrogens is 1. The van der Waals surface area contributed by atoms with Crippen LogP contribution >= 0.6 is 0 Å². The van der Waals surface area contributed by atoms with E-state index in [1.54, 1.807) is 6.20 Å². The van der Waals surface area contributed by atoms with Gasteiger partial charge in [-0.2, -0.15) is 0 Å². The molecule has 0 bridgehead atoms. The Morgan fingerprint density at radius 3 is 2.84 bits per heavy atom. The third-order valence-corrected chi connectivity index (χ3v) is 4.56. The number of amides is 1. The number of hydrogen-bond donors (Lipinski definition) is 1. The molecule has 25 heavy (non-hydrogen) atoms. The highest BCUT2D eigenvalue weighted by Crippen LogP contribution is 2.21. The van der Waals surface area contributed by atoms with Crippen LogP contribution in [0.5, 0.6) is 0 Å². The van der Waals surface area contributed by atoms with Gasteiger partial charge < -0.3 is 9.73 Å². The van der Waals surface area contributed by atoms with Crippen molar-refractivity contribution in [1.29, 1.82) is 0 Å². The number of carbonyl (C=O) groups excluding carboxylic acids is 1. The van der Waals surface area contributed by atoms with Gasteiger partial charge in [-0.3, -0.25) is 4.79 Å². The van der Waals surface area contributed by atoms with Gasteiger partial charge in [-0.05, 0) is 38.5 Å². The summed E-state index contributed by atoms with van der Waals surface area (Å²) in [6.07, 6.45) is 12.0. The second kappa shape index (κ2) is 9.21. The van der Waals surface area contributed by atoms with Gasteiger partial charge in [0.05, 0.1) is 6.20 Å². The van der Waals surface area contributed by atoms with E-state index >= 15 is 0 Å². The summed E-state index contributed by atoms with van der Waals surface area (Å²) in [7, 11) is 0. The molecule has 4 heteroatoms. The largest absolute Gasteiger partial charge is 0.441 e. The van der Waals surface area contributed by atoms with Crippen LogP contribution in [0.4, 0.5) is 0 Å². The minimum atomic E-state index is 0.117. The lowest BCUT2D eigenvalue weighted by Gasteiger charge is -2.12. The standard InChI is InChI=1S/C21H26N2O2/c24-20(22-15-14-17-8-3-1-4-9-17)12-7-13-21-23-16-19(25-21)18-10-5-2-6-11-18/h2,5-6,8,10-11,16H,1,3-4,7,9,12-15H2,(H,22,24). The van der Waals surface area contributed by atoms with E-state index in [2.05, 4.69) is 16.4 Å². The Hall–Kier alpha value is -2.36. The first-order valence-electron chi connectivity index (χ1n) is 9.26. The summed E-state index contributed by atoms with van der Waals surface area (Å²) in [5.74, 6) is 1.59. The molecule has 0 radical (unpaired) electrons. The van der Waals surface area contributed by atoms with E-state index in [1.165, 1.54) is 31.3 Å². The fourth-order valence-electron chi connectivity index (χ4n) is 3.14. The smallest absolute Gasteiger partial charge is 0.220 e. The van der Waals surface area contributed by atoms with Gasteiger partial charge in [-0.25, -0.2) is 4.98 Å². The lowest BCUT2D eigenvalue weighted by atomic mass is 9.97. The van der Waals surface area contributed by atoms with E-state index in [4.69, 9.17) is 4.42 Å². The average molecular weight is 338 g/mol. The monoisotopic (exact) mass is 338 g/mol. The lowest BCUT2D eigenvalue weighted by Crippen LogP contribution is -2.24. The van der Waals surface area contributed by atoms with E-state index in [0.29, 0.717) is 18.7 Å². The summed E-state index contributed by atoms with van der Waals surface area (Å²) >= 11 is 0. The number of rotatable bonds is 8. The molecule has 1 heterocycles. The molecule has 3 rings (SSSR count). The van der Waals surface area contributed by atoms with Crippen molar-refractivity contribution >= 4 is 5.91 Å². The number of nitrogens with one attached hydrogen (secondary N) is 1. The molecule has 0 unspecified atom stereocenters. The molecule has 2 aromatic rings. The third-order valence-electron chi connectivity index (χ3n) is 4.56. The summed E-state index contributed by atoms with van der Waals surface area (Å²) in [6, 6.07) is 9.93. The van der Waals surface area contributed by atoms with Crippen LogP contribution in [0.1, 0.15) is 50.8 Å². The first-order valence-corrected chi connectivity index (χ1v) is 9.26. The number of oxazole rings is 1. The van der Waals surface area contributed by atoms with Crippen molar-refractivity contribution in [1.82, 2.24) is 10.3 Å². The van der Waals surface area contributed by atoms with Gasteiger partial charge in [-0.15, -0.1) is 0 Å². The predicted octanol–water partition coefficient (Wildman–Crippen LogP) is 4.67. The zero-order chi connectivity index (χ0) is 17.3. The van der Waals surface area contributed by atoms with Crippen molar-refractivity contribution in [2.45, 2.75) is 51.4 Å². The normalized spacial score (nSPS) is 14.2. The van der Waals surface area contributed by atoms with Crippen LogP contribution < -0.4 is 5.32 Å². The Labute approximate surface area is 149 Å². The molecule has 1 aliphatic carbocycles. The lowest BCUT2D eigenvalue weighted by molar-refractivity contribution is -0.121. The Morgan fingerprint density at radius 1 is 1.16 bits per heavy atom. The summed E-state index contributed by atoms with van der Waals surface area (Å²) < 4.78 is 5.76. The molecular formula is C21H26N2O2. The highest BCUT2D eigenvalue weighted by molar-refractivity contribution is 5.75. The molecule has 1 aliphatic rings. The Kier molecular flexibility index (Phi) is 6.43. The number of aryl methyl sites for hydroxylation is 1. The van der Waals surface area contributed by atoms with Crippen LogP contribution in [0.2, 0.25) is 0 Å². The molecule has 0 saturated carbocycles. The maximum atomic E-state index is 11.9. The first-order chi connectivity index (χ1) is 12.3. The first kappa shape index (κ1) is 17.5. The molecule has 1 amide bonds. The number of benzene rings is 1. The quantitative estimate of drug-likeness (QED) is 0.712. The maximum Gasteiger partial charge on any atom is 0.220 e. The SMILES string of the molecule is O=C(CCCc1ncc(-c2ccccc2)o1)NCCC1=CCCCC1. The zero-order valence-corrected chi connectivity index (χ0v) is 14.7. The topological polar surface area (TPSA) is 55.1 Å². The summed E-state index contributed by atoms with van der Waals surface area (Å²) in [5, 5.41) is 3.02. The fourth-order valence-corrected chi connectivity index (χ4v) is 3.14. The van der Waals surface area contributed by atoms with E-state index in [1.807, 2.05) is 30.3 Å². The predicted molar refractivity (Wildman–Crippen MR) is 99.1 cm³/mol. The highest BCUT2D eigenvalue weighted by Gasteiger charge is 2.08. The molecule has 1 aromatic carbocycles. The molecule has 132 valence electrons. The number of carbonyl (C=O) groups is 1. The van der Waals surface area contributed by atoms with Crippen LogP contribution in [-0.2, 0) is 11.2 Å². The van der Waals surface area contributed by atoms with Gasteiger partial charge in [0.2, 0.25) is 5.91 Å². The molecular weight excluding hydrogens is 312 g/mol. The molecule has 1 aromatic heterocycles. The van der Waals surface area contributed by atoms with Crippen molar-refractivity contribution in [2.75, 3.05) is 6.54 Å². The van der Waals surface area contributed by atoms with Gasteiger partial charge in [0, 0.05) is 24.9 Å². The summed E-state index contributed by atoms with van der Waals surface area (Å²) in [5.41, 5.74) is 2.52. The van der Waals surface area contributed by atoms with Crippen LogP contribution in [0, 0.1) is 0 Å². The molecule has 0 aliphatic heterocycles. The Balaban J connectivity index is 1.34. The second-order valence-electron chi connectivity index (χ2n) is 6.55. The van der Waals surface area contributed by atoms with Crippen LogP contribution in [0.25, 0.3) is 11.3 Å². The Bertz CT molecular complexity index is 704. The molecule has 0 spiro atoms. The van der Waals surface area contributed by atoms with E-state index < -0.39 is 0 Å². The summed E-state index contributed by atoms with van der Waals surface area (Å²) in [6.45, 7) is 0.752. The van der Waals surface area contributed by atoms with Gasteiger partial charge in [0.25, 0.3) is 0 Å². The summed E-state index contributed by atoms with van der Waals surface area (Å²) in [4.78, 5) is 16.2. The van der Waals surface area contributed by atoms with Crippen LogP contribution in [0.15, 0.2) is 52.6 Å². The number of allylic oxidation sites excluding steroid dienone is 1. The van der Waals surface area contributed by atoms with E-state index in [9.17, 15) is 4.79 Å². The van der Waals surface area contributed by atoms with Crippen LogP contribution in [-0.4, -0.2) is 17.4 Å². The molecule has 1 N–H and O–H groups in total. The Morgan fingerprint density at radius 2 is 2.04 bits per heavy atom. The number of hydrogen-bond acceptors (Lipinski definition) is 3. The van der Waals surface area contributed by atoms with Crippen molar-refractivity contribution in [2.24, 2.45) is 0 Å². The average Bonchev–Trinajstić information content (AvgIpc) is 3.12. The van der Waals surface area contributed by atoms with E-state index in [-0.39, 0.29) is 5.91 Å². The third kappa shape index (κ3) is 5.59. The second-order valence-corrected chi connectivity index (χ2v) is 6.55. The van der Waals surface area contributed by atoms with Crippen molar-refractivity contribution < 1.29 is 9.21 Å². The molecule has 4 nitrogen and oxygen atoms in total. The van der Waals surface area contributed by atoms with Crippen molar-refractivity contribution in [3.63, 3.8) is 0 Å². The van der Waals surface area contributed by atoms with Gasteiger partial charge in [-0.1, -0.05) is 42.0 Å². The fraction of sp³-hybridized carbons (Fsp3) is 0.429. The van der Waals surface area contributed by atoms with Crippen molar-refractivity contribution in [3.8, 4) is 11.3 Å². The maximum absolute atomic E-state index is 11.9. The van der Waals surface area contributed by atoms with Gasteiger partial charge in [0.15, 0.2) is 11.7 Å². The zero-order valence-electron chi connectivity index (χ0n) is 14.7. The van der Waals surface area contributed by atoms with Crippen molar-refractivity contribution in [3.05, 3.63) is 54.1 Å². The molecule has 0 fully saturated rings.